The van der Waals surface area contributed by atoms with Crippen LogP contribution in [0, 0.1) is 12.3 Å². The van der Waals surface area contributed by atoms with Crippen molar-refractivity contribution in [3.05, 3.63) is 29.3 Å². The molecule has 0 spiro atoms. The molecule has 1 aromatic carbocycles. The van der Waals surface area contributed by atoms with Crippen LogP contribution in [0.1, 0.15) is 22.8 Å². The largest absolute Gasteiger partial charge is 0.462 e. The number of ether oxygens (including phenoxy) is 1. The molecule has 0 atom stereocenters. The molecule has 0 saturated heterocycles. The lowest BCUT2D eigenvalue weighted by molar-refractivity contribution is 0.0526. The van der Waals surface area contributed by atoms with Gasteiger partial charge in [0.1, 0.15) is 0 Å². The Kier molecular flexibility index (Phi) is 4.51. The Morgan fingerprint density at radius 2 is 2.18 bits per heavy atom. The van der Waals surface area contributed by atoms with Crippen molar-refractivity contribution in [2.75, 3.05) is 19.0 Å². The third kappa shape index (κ3) is 3.48. The fourth-order valence-electron chi connectivity index (χ4n) is 1.30. The zero-order valence-corrected chi connectivity index (χ0v) is 10.3. The van der Waals surface area contributed by atoms with Crippen molar-refractivity contribution < 1.29 is 9.53 Å². The van der Waals surface area contributed by atoms with Gasteiger partial charge in [0, 0.05) is 12.7 Å². The number of carbonyl (C=O) groups excluding carboxylic acids is 1. The SMILES string of the molecule is CCOC(=O)c1ccc(C)c(NC(=N)NC)c1. The molecule has 0 unspecified atom stereocenters. The van der Waals surface area contributed by atoms with Gasteiger partial charge in [0.2, 0.25) is 0 Å². The predicted octanol–water partition coefficient (Wildman–Crippen LogP) is 1.74. The van der Waals surface area contributed by atoms with Gasteiger partial charge in [-0.25, -0.2) is 4.79 Å². The minimum absolute atomic E-state index is 0.175. The summed E-state index contributed by atoms with van der Waals surface area (Å²) in [5.41, 5.74) is 2.15. The van der Waals surface area contributed by atoms with Gasteiger partial charge in [-0.2, -0.15) is 0 Å². The van der Waals surface area contributed by atoms with E-state index in [1.54, 1.807) is 26.1 Å². The maximum Gasteiger partial charge on any atom is 0.338 e. The number of nitrogens with one attached hydrogen (secondary N) is 3. The van der Waals surface area contributed by atoms with E-state index in [4.69, 9.17) is 10.1 Å². The summed E-state index contributed by atoms with van der Waals surface area (Å²) in [5, 5.41) is 13.0. The Bertz CT molecular complexity index is 430. The molecule has 0 radical (unpaired) electrons. The van der Waals surface area contributed by atoms with Crippen LogP contribution < -0.4 is 10.6 Å². The quantitative estimate of drug-likeness (QED) is 0.424. The molecule has 0 aliphatic rings. The monoisotopic (exact) mass is 235 g/mol. The summed E-state index contributed by atoms with van der Waals surface area (Å²) in [6.45, 7) is 4.02. The van der Waals surface area contributed by atoms with Crippen molar-refractivity contribution in [1.82, 2.24) is 5.32 Å². The molecule has 0 bridgehead atoms. The zero-order valence-electron chi connectivity index (χ0n) is 10.3. The predicted molar refractivity (Wildman–Crippen MR) is 67.5 cm³/mol. The number of guanidine groups is 1. The van der Waals surface area contributed by atoms with Crippen LogP contribution in [0.4, 0.5) is 5.69 Å². The normalized spacial score (nSPS) is 9.59. The van der Waals surface area contributed by atoms with Gasteiger partial charge in [-0.3, -0.25) is 5.41 Å². The first-order valence-corrected chi connectivity index (χ1v) is 5.39. The van der Waals surface area contributed by atoms with E-state index in [-0.39, 0.29) is 11.9 Å². The molecular weight excluding hydrogens is 218 g/mol. The molecule has 5 nitrogen and oxygen atoms in total. The summed E-state index contributed by atoms with van der Waals surface area (Å²) < 4.78 is 4.92. The second-order valence-electron chi connectivity index (χ2n) is 3.50. The van der Waals surface area contributed by atoms with E-state index in [2.05, 4.69) is 10.6 Å². The first kappa shape index (κ1) is 13.0. The van der Waals surface area contributed by atoms with Gasteiger partial charge in [0.25, 0.3) is 0 Å². The number of hydrogen-bond donors (Lipinski definition) is 3. The fraction of sp³-hybridized carbons (Fsp3) is 0.333. The highest BCUT2D eigenvalue weighted by atomic mass is 16.5. The average Bonchev–Trinajstić information content (AvgIpc) is 2.32. The topological polar surface area (TPSA) is 74.2 Å². The molecular formula is C12H17N3O2. The number of aryl methyl sites for hydroxylation is 1. The van der Waals surface area contributed by atoms with E-state index >= 15 is 0 Å². The van der Waals surface area contributed by atoms with Crippen molar-refractivity contribution in [2.24, 2.45) is 0 Å². The molecule has 3 N–H and O–H groups in total. The molecule has 17 heavy (non-hydrogen) atoms. The maximum atomic E-state index is 11.5. The summed E-state index contributed by atoms with van der Waals surface area (Å²) in [6, 6.07) is 5.21. The van der Waals surface area contributed by atoms with Crippen LogP contribution in [0.5, 0.6) is 0 Å². The first-order valence-electron chi connectivity index (χ1n) is 5.39. The van der Waals surface area contributed by atoms with Crippen LogP contribution in [0.3, 0.4) is 0 Å². The molecule has 0 amide bonds. The summed E-state index contributed by atoms with van der Waals surface area (Å²) in [6.07, 6.45) is 0. The Balaban J connectivity index is 2.93. The standard InChI is InChI=1S/C12H17N3O2/c1-4-17-11(16)9-6-5-8(2)10(7-9)15-12(13)14-3/h5-7H,4H2,1-3H3,(H3,13,14,15). The third-order valence-electron chi connectivity index (χ3n) is 2.26. The van der Waals surface area contributed by atoms with Gasteiger partial charge < -0.3 is 15.4 Å². The number of hydrogen-bond acceptors (Lipinski definition) is 3. The summed E-state index contributed by atoms with van der Waals surface area (Å²) >= 11 is 0. The molecule has 0 aliphatic carbocycles. The van der Waals surface area contributed by atoms with Gasteiger partial charge in [-0.1, -0.05) is 6.07 Å². The Morgan fingerprint density at radius 1 is 1.47 bits per heavy atom. The Labute approximate surface area is 101 Å². The Hall–Kier alpha value is -2.04. The van der Waals surface area contributed by atoms with E-state index in [9.17, 15) is 4.79 Å². The second-order valence-corrected chi connectivity index (χ2v) is 3.50. The highest BCUT2D eigenvalue weighted by Crippen LogP contribution is 2.17. The van der Waals surface area contributed by atoms with Crippen molar-refractivity contribution in [3.8, 4) is 0 Å². The van der Waals surface area contributed by atoms with Crippen LogP contribution >= 0.6 is 0 Å². The fourth-order valence-corrected chi connectivity index (χ4v) is 1.30. The zero-order chi connectivity index (χ0) is 12.8. The lowest BCUT2D eigenvalue weighted by Crippen LogP contribution is -2.26. The van der Waals surface area contributed by atoms with Crippen molar-refractivity contribution >= 4 is 17.6 Å². The maximum absolute atomic E-state index is 11.5. The van der Waals surface area contributed by atoms with Crippen LogP contribution in [-0.2, 0) is 4.74 Å². The van der Waals surface area contributed by atoms with E-state index < -0.39 is 0 Å². The number of esters is 1. The van der Waals surface area contributed by atoms with Crippen molar-refractivity contribution in [2.45, 2.75) is 13.8 Å². The third-order valence-corrected chi connectivity index (χ3v) is 2.26. The molecule has 1 aromatic rings. The van der Waals surface area contributed by atoms with E-state index in [1.807, 2.05) is 13.0 Å². The van der Waals surface area contributed by atoms with Gasteiger partial charge in [-0.05, 0) is 31.5 Å². The van der Waals surface area contributed by atoms with Gasteiger partial charge in [0.05, 0.1) is 12.2 Å². The highest BCUT2D eigenvalue weighted by Gasteiger charge is 2.09. The molecule has 0 saturated carbocycles. The van der Waals surface area contributed by atoms with Crippen molar-refractivity contribution in [3.63, 3.8) is 0 Å². The minimum atomic E-state index is -0.355. The lowest BCUT2D eigenvalue weighted by atomic mass is 10.1. The molecule has 5 heteroatoms. The molecule has 92 valence electrons. The Morgan fingerprint density at radius 3 is 2.76 bits per heavy atom. The number of carbonyl (C=O) groups is 1. The lowest BCUT2D eigenvalue weighted by Gasteiger charge is -2.11. The molecule has 0 aliphatic heterocycles. The van der Waals surface area contributed by atoms with Crippen LogP contribution in [0.15, 0.2) is 18.2 Å². The summed E-state index contributed by atoms with van der Waals surface area (Å²) in [5.74, 6) is -0.180. The van der Waals surface area contributed by atoms with E-state index in [0.29, 0.717) is 12.2 Å². The van der Waals surface area contributed by atoms with Crippen LogP contribution in [0.2, 0.25) is 0 Å². The van der Waals surface area contributed by atoms with E-state index in [1.165, 1.54) is 0 Å². The van der Waals surface area contributed by atoms with Gasteiger partial charge in [0.15, 0.2) is 5.96 Å². The smallest absolute Gasteiger partial charge is 0.338 e. The number of anilines is 1. The van der Waals surface area contributed by atoms with Crippen LogP contribution in [-0.4, -0.2) is 25.6 Å². The summed E-state index contributed by atoms with van der Waals surface area (Å²) in [4.78, 5) is 11.5. The molecule has 1 rings (SSSR count). The highest BCUT2D eigenvalue weighted by molar-refractivity contribution is 5.95. The minimum Gasteiger partial charge on any atom is -0.462 e. The number of rotatable bonds is 3. The van der Waals surface area contributed by atoms with Crippen LogP contribution in [0.25, 0.3) is 0 Å². The number of benzene rings is 1. The van der Waals surface area contributed by atoms with Gasteiger partial charge in [-0.15, -0.1) is 0 Å². The summed E-state index contributed by atoms with van der Waals surface area (Å²) in [7, 11) is 1.65. The van der Waals surface area contributed by atoms with E-state index in [0.717, 1.165) is 11.3 Å². The second kappa shape index (κ2) is 5.89. The molecule has 0 heterocycles. The molecule has 0 aromatic heterocycles. The van der Waals surface area contributed by atoms with Crippen molar-refractivity contribution in [1.29, 1.82) is 5.41 Å². The average molecular weight is 235 g/mol. The van der Waals surface area contributed by atoms with Gasteiger partial charge >= 0.3 is 5.97 Å². The first-order chi connectivity index (χ1) is 8.08. The molecule has 0 fully saturated rings.